The normalized spacial score (nSPS) is 13.2. The second-order valence-electron chi connectivity index (χ2n) is 6.81. The maximum atomic E-state index is 12.2. The number of nitrogens with one attached hydrogen (secondary N) is 1. The van der Waals surface area contributed by atoms with Gasteiger partial charge in [0.25, 0.3) is 5.91 Å². The SMILES string of the molecule is COc1ccc(CCNC(=O)COc2ncnc3sc4c(c23)CCCC4)cc1. The molecule has 1 N–H and O–H groups in total. The second kappa shape index (κ2) is 8.56. The zero-order valence-electron chi connectivity index (χ0n) is 15.9. The fourth-order valence-electron chi connectivity index (χ4n) is 3.49. The van der Waals surface area contributed by atoms with Crippen LogP contribution in [0.1, 0.15) is 28.8 Å². The summed E-state index contributed by atoms with van der Waals surface area (Å²) in [7, 11) is 1.65. The molecule has 0 unspecified atom stereocenters. The number of nitrogens with zero attached hydrogens (tertiary/aromatic N) is 2. The lowest BCUT2D eigenvalue weighted by molar-refractivity contribution is -0.123. The van der Waals surface area contributed by atoms with Crippen LogP contribution in [0.5, 0.6) is 11.6 Å². The highest BCUT2D eigenvalue weighted by Gasteiger charge is 2.20. The predicted octanol–water partition coefficient (Wildman–Crippen LogP) is 3.32. The van der Waals surface area contributed by atoms with Gasteiger partial charge in [-0.15, -0.1) is 11.3 Å². The summed E-state index contributed by atoms with van der Waals surface area (Å²) in [5.41, 5.74) is 2.45. The summed E-state index contributed by atoms with van der Waals surface area (Å²) in [6, 6.07) is 7.84. The Morgan fingerprint density at radius 1 is 1.18 bits per heavy atom. The number of aromatic nitrogens is 2. The maximum absolute atomic E-state index is 12.2. The first kappa shape index (κ1) is 18.7. The fourth-order valence-corrected chi connectivity index (χ4v) is 4.71. The molecule has 7 heteroatoms. The predicted molar refractivity (Wildman–Crippen MR) is 109 cm³/mol. The molecule has 0 saturated carbocycles. The van der Waals surface area contributed by atoms with Crippen LogP contribution in [0.25, 0.3) is 10.2 Å². The Balaban J connectivity index is 1.32. The van der Waals surface area contributed by atoms with Gasteiger partial charge in [0, 0.05) is 11.4 Å². The van der Waals surface area contributed by atoms with E-state index in [4.69, 9.17) is 9.47 Å². The summed E-state index contributed by atoms with van der Waals surface area (Å²) in [6.07, 6.45) is 6.81. The minimum atomic E-state index is -0.149. The molecule has 0 fully saturated rings. The second-order valence-corrected chi connectivity index (χ2v) is 7.89. The van der Waals surface area contributed by atoms with Crippen LogP contribution in [0.2, 0.25) is 0 Å². The number of amides is 1. The lowest BCUT2D eigenvalue weighted by Crippen LogP contribution is -2.30. The molecule has 6 nitrogen and oxygen atoms in total. The Kier molecular flexibility index (Phi) is 5.71. The van der Waals surface area contributed by atoms with Gasteiger partial charge in [0.2, 0.25) is 5.88 Å². The van der Waals surface area contributed by atoms with Gasteiger partial charge >= 0.3 is 0 Å². The van der Waals surface area contributed by atoms with E-state index in [1.54, 1.807) is 18.4 Å². The van der Waals surface area contributed by atoms with Crippen molar-refractivity contribution in [1.82, 2.24) is 15.3 Å². The van der Waals surface area contributed by atoms with Crippen LogP contribution < -0.4 is 14.8 Å². The highest BCUT2D eigenvalue weighted by atomic mass is 32.1. The van der Waals surface area contributed by atoms with Crippen LogP contribution in [0.3, 0.4) is 0 Å². The monoisotopic (exact) mass is 397 g/mol. The van der Waals surface area contributed by atoms with E-state index in [0.29, 0.717) is 12.4 Å². The summed E-state index contributed by atoms with van der Waals surface area (Å²) >= 11 is 1.72. The molecule has 2 heterocycles. The van der Waals surface area contributed by atoms with E-state index < -0.39 is 0 Å². The molecule has 146 valence electrons. The zero-order chi connectivity index (χ0) is 19.3. The Morgan fingerprint density at radius 3 is 2.82 bits per heavy atom. The molecular weight excluding hydrogens is 374 g/mol. The van der Waals surface area contributed by atoms with Crippen LogP contribution >= 0.6 is 11.3 Å². The van der Waals surface area contributed by atoms with E-state index in [0.717, 1.165) is 40.8 Å². The smallest absolute Gasteiger partial charge is 0.258 e. The molecule has 0 atom stereocenters. The van der Waals surface area contributed by atoms with Crippen molar-refractivity contribution in [3.8, 4) is 11.6 Å². The molecular formula is C21H23N3O3S. The van der Waals surface area contributed by atoms with Crippen LogP contribution in [-0.2, 0) is 24.1 Å². The summed E-state index contributed by atoms with van der Waals surface area (Å²) in [6.45, 7) is 0.515. The number of fused-ring (bicyclic) bond motifs is 3. The lowest BCUT2D eigenvalue weighted by atomic mass is 9.97. The Hall–Kier alpha value is -2.67. The number of carbonyl (C=O) groups is 1. The highest BCUT2D eigenvalue weighted by molar-refractivity contribution is 7.18. The molecule has 1 aliphatic carbocycles. The Morgan fingerprint density at radius 2 is 2.00 bits per heavy atom. The number of benzene rings is 1. The van der Waals surface area contributed by atoms with Crippen molar-refractivity contribution in [3.05, 3.63) is 46.6 Å². The fraction of sp³-hybridized carbons (Fsp3) is 0.381. The van der Waals surface area contributed by atoms with Crippen LogP contribution in [-0.4, -0.2) is 36.1 Å². The van der Waals surface area contributed by atoms with Crippen LogP contribution in [0.15, 0.2) is 30.6 Å². The molecule has 1 aromatic carbocycles. The van der Waals surface area contributed by atoms with Crippen molar-refractivity contribution >= 4 is 27.5 Å². The summed E-state index contributed by atoms with van der Waals surface area (Å²) in [5.74, 6) is 1.20. The van der Waals surface area contributed by atoms with Gasteiger partial charge < -0.3 is 14.8 Å². The van der Waals surface area contributed by atoms with E-state index >= 15 is 0 Å². The first-order valence-corrected chi connectivity index (χ1v) is 10.3. The molecule has 2 aromatic heterocycles. The zero-order valence-corrected chi connectivity index (χ0v) is 16.7. The van der Waals surface area contributed by atoms with Gasteiger partial charge in [-0.3, -0.25) is 4.79 Å². The molecule has 0 spiro atoms. The van der Waals surface area contributed by atoms with E-state index in [9.17, 15) is 4.79 Å². The molecule has 0 bridgehead atoms. The molecule has 0 aliphatic heterocycles. The van der Waals surface area contributed by atoms with E-state index in [1.807, 2.05) is 24.3 Å². The topological polar surface area (TPSA) is 73.3 Å². The minimum Gasteiger partial charge on any atom is -0.497 e. The van der Waals surface area contributed by atoms with Gasteiger partial charge in [-0.1, -0.05) is 12.1 Å². The highest BCUT2D eigenvalue weighted by Crippen LogP contribution is 2.38. The molecule has 3 aromatic rings. The third kappa shape index (κ3) is 4.09. The summed E-state index contributed by atoms with van der Waals surface area (Å²) in [4.78, 5) is 23.2. The first-order valence-electron chi connectivity index (χ1n) is 9.52. The average molecular weight is 398 g/mol. The number of thiophene rings is 1. The van der Waals surface area contributed by atoms with E-state index in [1.165, 1.54) is 29.6 Å². The lowest BCUT2D eigenvalue weighted by Gasteiger charge is -2.12. The number of methoxy groups -OCH3 is 1. The number of carbonyl (C=O) groups excluding carboxylic acids is 1. The number of hydrogen-bond donors (Lipinski definition) is 1. The largest absolute Gasteiger partial charge is 0.497 e. The molecule has 4 rings (SSSR count). The number of rotatable bonds is 7. The Bertz CT molecular complexity index is 969. The van der Waals surface area contributed by atoms with Gasteiger partial charge in [0.15, 0.2) is 6.61 Å². The van der Waals surface area contributed by atoms with E-state index in [-0.39, 0.29) is 12.5 Å². The quantitative estimate of drug-likeness (QED) is 0.662. The van der Waals surface area contributed by atoms with Crippen molar-refractivity contribution in [2.75, 3.05) is 20.3 Å². The van der Waals surface area contributed by atoms with Gasteiger partial charge in [-0.05, 0) is 55.4 Å². The third-order valence-corrected chi connectivity index (χ3v) is 6.15. The van der Waals surface area contributed by atoms with Crippen molar-refractivity contribution in [2.24, 2.45) is 0 Å². The molecule has 0 radical (unpaired) electrons. The molecule has 0 saturated heterocycles. The summed E-state index contributed by atoms with van der Waals surface area (Å²) in [5, 5.41) is 3.89. The summed E-state index contributed by atoms with van der Waals surface area (Å²) < 4.78 is 10.9. The van der Waals surface area contributed by atoms with Crippen LogP contribution in [0.4, 0.5) is 0 Å². The van der Waals surface area contributed by atoms with Gasteiger partial charge in [0.05, 0.1) is 12.5 Å². The van der Waals surface area contributed by atoms with Crippen LogP contribution in [0, 0.1) is 0 Å². The number of ether oxygens (including phenoxy) is 2. The minimum absolute atomic E-state index is 0.0423. The van der Waals surface area contributed by atoms with Crippen molar-refractivity contribution in [1.29, 1.82) is 0 Å². The van der Waals surface area contributed by atoms with Gasteiger partial charge in [-0.25, -0.2) is 9.97 Å². The third-order valence-electron chi connectivity index (χ3n) is 4.95. The molecule has 1 amide bonds. The van der Waals surface area contributed by atoms with E-state index in [2.05, 4.69) is 15.3 Å². The van der Waals surface area contributed by atoms with Gasteiger partial charge in [-0.2, -0.15) is 0 Å². The first-order chi connectivity index (χ1) is 13.7. The maximum Gasteiger partial charge on any atom is 0.258 e. The average Bonchev–Trinajstić information content (AvgIpc) is 3.12. The molecule has 1 aliphatic rings. The van der Waals surface area contributed by atoms with Crippen molar-refractivity contribution in [3.63, 3.8) is 0 Å². The number of hydrogen-bond acceptors (Lipinski definition) is 6. The standard InChI is InChI=1S/C21H23N3O3S/c1-26-15-8-6-14(7-9-15)10-11-22-18(25)12-27-20-19-16-4-2-3-5-17(16)28-21(19)24-13-23-20/h6-9,13H,2-5,10-12H2,1H3,(H,22,25). The molecule has 28 heavy (non-hydrogen) atoms. The number of aryl methyl sites for hydroxylation is 2. The Labute approximate surface area is 167 Å². The van der Waals surface area contributed by atoms with Crippen molar-refractivity contribution in [2.45, 2.75) is 32.1 Å². The van der Waals surface area contributed by atoms with Gasteiger partial charge in [0.1, 0.15) is 16.9 Å². The van der Waals surface area contributed by atoms with Crippen molar-refractivity contribution < 1.29 is 14.3 Å².